The van der Waals surface area contributed by atoms with Crippen LogP contribution in [0.5, 0.6) is 23.0 Å². The minimum absolute atomic E-state index is 0. The highest BCUT2D eigenvalue weighted by molar-refractivity contribution is 14.0. The lowest BCUT2D eigenvalue weighted by atomic mass is 10.2. The fraction of sp³-hybridized carbons (Fsp3) is 0.381. The fourth-order valence-corrected chi connectivity index (χ4v) is 2.71. The minimum Gasteiger partial charge on any atom is -0.493 e. The van der Waals surface area contributed by atoms with Gasteiger partial charge >= 0.3 is 0 Å². The van der Waals surface area contributed by atoms with Crippen LogP contribution in [0.4, 0.5) is 5.69 Å². The number of para-hydroxylation sites is 1. The summed E-state index contributed by atoms with van der Waals surface area (Å²) in [5, 5.41) is 6.54. The number of aliphatic imine (C=N–C) groups is 1. The number of anilines is 1. The van der Waals surface area contributed by atoms with Gasteiger partial charge in [-0.15, -0.1) is 24.0 Å². The van der Waals surface area contributed by atoms with Gasteiger partial charge in [0.1, 0.15) is 0 Å². The fourth-order valence-electron chi connectivity index (χ4n) is 2.71. The van der Waals surface area contributed by atoms with E-state index in [1.165, 1.54) is 0 Å². The van der Waals surface area contributed by atoms with Crippen molar-refractivity contribution < 1.29 is 18.9 Å². The molecule has 0 aromatic heterocycles. The number of benzene rings is 2. The molecule has 0 aliphatic rings. The van der Waals surface area contributed by atoms with Gasteiger partial charge in [-0.1, -0.05) is 12.1 Å². The molecule has 0 aliphatic heterocycles. The maximum Gasteiger partial charge on any atom is 0.196 e. The molecule has 0 unspecified atom stereocenters. The van der Waals surface area contributed by atoms with Crippen LogP contribution in [0.2, 0.25) is 0 Å². The van der Waals surface area contributed by atoms with Gasteiger partial charge in [0.25, 0.3) is 0 Å². The number of nitrogens with zero attached hydrogens (tertiary/aromatic N) is 1. The van der Waals surface area contributed by atoms with E-state index in [1.807, 2.05) is 50.2 Å². The van der Waals surface area contributed by atoms with E-state index in [2.05, 4.69) is 15.6 Å². The van der Waals surface area contributed by atoms with Gasteiger partial charge < -0.3 is 29.6 Å². The lowest BCUT2D eigenvalue weighted by molar-refractivity contribution is 0.311. The number of hydrogen-bond acceptors (Lipinski definition) is 5. The second-order valence-corrected chi connectivity index (χ2v) is 5.77. The highest BCUT2D eigenvalue weighted by atomic mass is 127. The van der Waals surface area contributed by atoms with Gasteiger partial charge in [0.2, 0.25) is 0 Å². The van der Waals surface area contributed by atoms with Gasteiger partial charge in [-0.2, -0.15) is 0 Å². The van der Waals surface area contributed by atoms with Crippen LogP contribution in [0, 0.1) is 0 Å². The zero-order chi connectivity index (χ0) is 20.4. The molecule has 7 nitrogen and oxygen atoms in total. The Morgan fingerprint density at radius 1 is 0.931 bits per heavy atom. The normalized spacial score (nSPS) is 10.6. The van der Waals surface area contributed by atoms with Crippen molar-refractivity contribution in [3.8, 4) is 23.0 Å². The zero-order valence-electron chi connectivity index (χ0n) is 17.6. The maximum atomic E-state index is 5.64. The number of halogens is 1. The summed E-state index contributed by atoms with van der Waals surface area (Å²) in [6.45, 7) is 5.68. The summed E-state index contributed by atoms with van der Waals surface area (Å²) in [7, 11) is 4.87. The molecule has 0 fully saturated rings. The summed E-state index contributed by atoms with van der Waals surface area (Å²) in [6.07, 6.45) is 0. The topological polar surface area (TPSA) is 73.3 Å². The quantitative estimate of drug-likeness (QED) is 0.295. The first-order chi connectivity index (χ1) is 13.7. The van der Waals surface area contributed by atoms with E-state index in [-0.39, 0.29) is 24.0 Å². The van der Waals surface area contributed by atoms with Gasteiger partial charge in [0.05, 0.1) is 34.5 Å². The van der Waals surface area contributed by atoms with Gasteiger partial charge in [-0.3, -0.25) is 0 Å². The Balaban J connectivity index is 0.00000420. The average molecular weight is 515 g/mol. The number of rotatable bonds is 9. The zero-order valence-corrected chi connectivity index (χ0v) is 19.9. The molecular weight excluding hydrogens is 485 g/mol. The molecule has 0 heterocycles. The number of methoxy groups -OCH3 is 3. The summed E-state index contributed by atoms with van der Waals surface area (Å²) >= 11 is 0. The minimum atomic E-state index is 0. The first-order valence-corrected chi connectivity index (χ1v) is 9.22. The molecule has 160 valence electrons. The summed E-state index contributed by atoms with van der Waals surface area (Å²) in [5.41, 5.74) is 1.78. The summed E-state index contributed by atoms with van der Waals surface area (Å²) in [6, 6.07) is 11.4. The molecule has 2 N–H and O–H groups in total. The molecule has 0 amide bonds. The first-order valence-electron chi connectivity index (χ1n) is 9.22. The predicted molar refractivity (Wildman–Crippen MR) is 128 cm³/mol. The number of guanidine groups is 1. The van der Waals surface area contributed by atoms with Gasteiger partial charge in [-0.25, -0.2) is 4.99 Å². The van der Waals surface area contributed by atoms with Crippen molar-refractivity contribution in [1.82, 2.24) is 5.32 Å². The van der Waals surface area contributed by atoms with E-state index in [0.29, 0.717) is 42.1 Å². The van der Waals surface area contributed by atoms with E-state index >= 15 is 0 Å². The third-order valence-electron chi connectivity index (χ3n) is 3.96. The van der Waals surface area contributed by atoms with E-state index in [4.69, 9.17) is 18.9 Å². The molecule has 0 spiro atoms. The van der Waals surface area contributed by atoms with E-state index < -0.39 is 0 Å². The molecular formula is C21H30IN3O4. The van der Waals surface area contributed by atoms with Crippen molar-refractivity contribution in [3.05, 3.63) is 42.0 Å². The van der Waals surface area contributed by atoms with E-state index in [1.54, 1.807) is 21.3 Å². The van der Waals surface area contributed by atoms with Crippen molar-refractivity contribution in [2.75, 3.05) is 39.8 Å². The molecule has 0 aliphatic carbocycles. The van der Waals surface area contributed by atoms with Gasteiger partial charge in [0.15, 0.2) is 29.0 Å². The molecule has 0 radical (unpaired) electrons. The van der Waals surface area contributed by atoms with Gasteiger partial charge in [-0.05, 0) is 32.0 Å². The molecule has 29 heavy (non-hydrogen) atoms. The molecule has 2 aromatic rings. The number of ether oxygens (including phenoxy) is 4. The lowest BCUT2D eigenvalue weighted by Crippen LogP contribution is -2.30. The van der Waals surface area contributed by atoms with Crippen LogP contribution in [0.1, 0.15) is 19.4 Å². The Kier molecular flexibility index (Phi) is 11.0. The van der Waals surface area contributed by atoms with Crippen molar-refractivity contribution in [2.24, 2.45) is 4.99 Å². The molecule has 0 bridgehead atoms. The third kappa shape index (κ3) is 6.88. The molecule has 0 saturated carbocycles. The summed E-state index contributed by atoms with van der Waals surface area (Å²) in [4.78, 5) is 4.67. The smallest absolute Gasteiger partial charge is 0.196 e. The average Bonchev–Trinajstić information content (AvgIpc) is 2.72. The Morgan fingerprint density at radius 2 is 1.69 bits per heavy atom. The second kappa shape index (κ2) is 13.0. The predicted octanol–water partition coefficient (Wildman–Crippen LogP) is 4.31. The Bertz CT molecular complexity index is 799. The van der Waals surface area contributed by atoms with Crippen molar-refractivity contribution in [2.45, 2.75) is 20.4 Å². The van der Waals surface area contributed by atoms with Crippen LogP contribution in [-0.2, 0) is 6.54 Å². The van der Waals surface area contributed by atoms with Crippen LogP contribution >= 0.6 is 24.0 Å². The SMILES string of the molecule is CCNC(=NCc1cccc(OC)c1OC)Nc1ccc(OC)c(OCC)c1.I. The third-order valence-corrected chi connectivity index (χ3v) is 3.96. The highest BCUT2D eigenvalue weighted by Gasteiger charge is 2.10. The molecule has 2 aromatic carbocycles. The van der Waals surface area contributed by atoms with E-state index in [9.17, 15) is 0 Å². The van der Waals surface area contributed by atoms with Crippen molar-refractivity contribution in [3.63, 3.8) is 0 Å². The van der Waals surface area contributed by atoms with Gasteiger partial charge in [0, 0.05) is 23.9 Å². The summed E-state index contributed by atoms with van der Waals surface area (Å²) < 4.78 is 21.8. The molecule has 8 heteroatoms. The van der Waals surface area contributed by atoms with Crippen LogP contribution < -0.4 is 29.6 Å². The summed E-state index contributed by atoms with van der Waals surface area (Å²) in [5.74, 6) is 3.40. The first kappa shape index (κ1) is 24.7. The highest BCUT2D eigenvalue weighted by Crippen LogP contribution is 2.32. The van der Waals surface area contributed by atoms with Crippen LogP contribution in [0.15, 0.2) is 41.4 Å². The molecule has 0 saturated heterocycles. The number of nitrogens with one attached hydrogen (secondary N) is 2. The second-order valence-electron chi connectivity index (χ2n) is 5.77. The van der Waals surface area contributed by atoms with Crippen LogP contribution in [0.25, 0.3) is 0 Å². The Hall–Kier alpha value is -2.36. The maximum absolute atomic E-state index is 5.64. The lowest BCUT2D eigenvalue weighted by Gasteiger charge is -2.15. The van der Waals surface area contributed by atoms with Crippen molar-refractivity contribution in [1.29, 1.82) is 0 Å². The van der Waals surface area contributed by atoms with Crippen molar-refractivity contribution >= 4 is 35.6 Å². The Morgan fingerprint density at radius 3 is 2.31 bits per heavy atom. The van der Waals surface area contributed by atoms with Crippen LogP contribution in [0.3, 0.4) is 0 Å². The molecule has 0 atom stereocenters. The monoisotopic (exact) mass is 515 g/mol. The Labute approximate surface area is 189 Å². The largest absolute Gasteiger partial charge is 0.493 e. The number of hydrogen-bond donors (Lipinski definition) is 2. The standard InChI is InChI=1S/C21H29N3O4.HI/c1-6-22-21(23-14-15-9-8-10-18(26-4)20(15)27-5)24-16-11-12-17(25-3)19(13-16)28-7-2;/h8-13H,6-7,14H2,1-5H3,(H2,22,23,24);1H. The molecule has 2 rings (SSSR count). The van der Waals surface area contributed by atoms with Crippen LogP contribution in [-0.4, -0.2) is 40.4 Å². The van der Waals surface area contributed by atoms with E-state index in [0.717, 1.165) is 17.8 Å².